The van der Waals surface area contributed by atoms with E-state index in [-0.39, 0.29) is 5.82 Å². The van der Waals surface area contributed by atoms with Crippen molar-refractivity contribution in [3.8, 4) is 0 Å². The molecule has 0 aliphatic heterocycles. The Morgan fingerprint density at radius 2 is 1.71 bits per heavy atom. The van der Waals surface area contributed by atoms with Crippen molar-refractivity contribution in [1.82, 2.24) is 9.97 Å². The molecule has 0 bridgehead atoms. The molecule has 0 N–H and O–H groups in total. The van der Waals surface area contributed by atoms with E-state index in [0.717, 1.165) is 52.3 Å². The summed E-state index contributed by atoms with van der Waals surface area (Å²) in [6.45, 7) is 6.65. The summed E-state index contributed by atoms with van der Waals surface area (Å²) in [6, 6.07) is 15.1. The van der Waals surface area contributed by atoms with Gasteiger partial charge in [0.05, 0.1) is 5.52 Å². The molecule has 0 spiro atoms. The third-order valence-electron chi connectivity index (χ3n) is 7.14. The maximum absolute atomic E-state index is 13.1. The fraction of sp³-hybridized carbons (Fsp3) is 0.533. The summed E-state index contributed by atoms with van der Waals surface area (Å²) in [4.78, 5) is 10.8. The van der Waals surface area contributed by atoms with Gasteiger partial charge in [0.25, 0.3) is 0 Å². The normalized spacial score (nSPS) is 18.8. The Hall–Kier alpha value is -2.49. The van der Waals surface area contributed by atoms with Crippen LogP contribution in [-0.2, 0) is 6.42 Å². The minimum Gasteiger partial charge on any atom is -0.362 e. The van der Waals surface area contributed by atoms with Crippen LogP contribution in [0, 0.1) is 30.5 Å². The van der Waals surface area contributed by atoms with E-state index in [1.165, 1.54) is 51.0 Å². The van der Waals surface area contributed by atoms with Gasteiger partial charge in [-0.15, -0.1) is 0 Å². The Morgan fingerprint density at radius 3 is 2.41 bits per heavy atom. The van der Waals surface area contributed by atoms with E-state index >= 15 is 0 Å². The fourth-order valence-electron chi connectivity index (χ4n) is 4.90. The number of anilines is 1. The van der Waals surface area contributed by atoms with E-state index in [4.69, 9.17) is 0 Å². The molecule has 2 aromatic carbocycles. The second kappa shape index (κ2) is 12.8. The molecule has 1 fully saturated rings. The second-order valence-electron chi connectivity index (χ2n) is 10.5. The quantitative estimate of drug-likeness (QED) is 0.355. The lowest BCUT2D eigenvalue weighted by atomic mass is 9.79. The van der Waals surface area contributed by atoms with Crippen LogP contribution in [0.2, 0.25) is 0 Å². The Balaban J connectivity index is 0.000000202. The van der Waals surface area contributed by atoms with Gasteiger partial charge in [-0.05, 0) is 67.3 Å². The van der Waals surface area contributed by atoms with Gasteiger partial charge in [-0.3, -0.25) is 0 Å². The molecule has 4 heteroatoms. The number of benzene rings is 2. The molecule has 34 heavy (non-hydrogen) atoms. The molecule has 1 saturated carbocycles. The van der Waals surface area contributed by atoms with E-state index in [0.29, 0.717) is 0 Å². The molecule has 1 aliphatic carbocycles. The lowest BCUT2D eigenvalue weighted by Crippen LogP contribution is -2.13. The molecule has 4 rings (SSSR count). The number of hydrogen-bond donors (Lipinski definition) is 0. The highest BCUT2D eigenvalue weighted by Crippen LogP contribution is 2.32. The lowest BCUT2D eigenvalue weighted by Gasteiger charge is -2.27. The Bertz CT molecular complexity index is 1020. The van der Waals surface area contributed by atoms with E-state index in [1.54, 1.807) is 6.07 Å². The van der Waals surface area contributed by atoms with Crippen LogP contribution in [0.4, 0.5) is 10.2 Å². The standard InChI is InChI=1S/C19H29F.C11H13N3/c1-15-6-10-17(11-7-15)12-8-16(2)9-13-18-4-3-5-19(20)14-18;1-8-12-10-7-5-4-6-9(10)11(13-8)14(2)3/h3-5,14-17H,6-13H2,1-2H3;4-7H,1-3H3. The molecule has 184 valence electrons. The van der Waals surface area contributed by atoms with Crippen molar-refractivity contribution in [3.63, 3.8) is 0 Å². The topological polar surface area (TPSA) is 29.0 Å². The largest absolute Gasteiger partial charge is 0.362 e. The van der Waals surface area contributed by atoms with Gasteiger partial charge in [0, 0.05) is 19.5 Å². The molecular weight excluding hydrogens is 421 g/mol. The molecule has 3 aromatic rings. The second-order valence-corrected chi connectivity index (χ2v) is 10.5. The first-order valence-electron chi connectivity index (χ1n) is 13.0. The zero-order valence-electron chi connectivity index (χ0n) is 21.7. The van der Waals surface area contributed by atoms with Crippen LogP contribution in [0.5, 0.6) is 0 Å². The maximum atomic E-state index is 13.1. The number of para-hydroxylation sites is 1. The summed E-state index contributed by atoms with van der Waals surface area (Å²) in [6.07, 6.45) is 10.7. The summed E-state index contributed by atoms with van der Waals surface area (Å²) in [7, 11) is 3.99. The van der Waals surface area contributed by atoms with Gasteiger partial charge < -0.3 is 4.90 Å². The lowest BCUT2D eigenvalue weighted by molar-refractivity contribution is 0.261. The van der Waals surface area contributed by atoms with Gasteiger partial charge in [-0.1, -0.05) is 76.6 Å². The van der Waals surface area contributed by atoms with Gasteiger partial charge in [-0.25, -0.2) is 14.4 Å². The number of rotatable bonds is 7. The molecule has 0 radical (unpaired) electrons. The van der Waals surface area contributed by atoms with Crippen LogP contribution in [0.25, 0.3) is 10.9 Å². The molecule has 0 amide bonds. The number of aromatic nitrogens is 2. The SMILES string of the molecule is CC(CCc1cccc(F)c1)CCC1CCC(C)CC1.Cc1nc(N(C)C)c2ccccc2n1. The van der Waals surface area contributed by atoms with Crippen molar-refractivity contribution in [2.45, 2.75) is 72.1 Å². The summed E-state index contributed by atoms with van der Waals surface area (Å²) in [5, 5.41) is 1.10. The van der Waals surface area contributed by atoms with Crippen LogP contribution < -0.4 is 4.90 Å². The Morgan fingerprint density at radius 1 is 0.971 bits per heavy atom. The van der Waals surface area contributed by atoms with Gasteiger partial charge in [0.1, 0.15) is 17.5 Å². The maximum Gasteiger partial charge on any atom is 0.139 e. The average molecular weight is 464 g/mol. The van der Waals surface area contributed by atoms with Crippen LogP contribution in [0.1, 0.15) is 70.2 Å². The number of aryl methyl sites for hydroxylation is 2. The summed E-state index contributed by atoms with van der Waals surface area (Å²) < 4.78 is 13.1. The molecular formula is C30H42FN3. The third-order valence-corrected chi connectivity index (χ3v) is 7.14. The molecule has 1 unspecified atom stereocenters. The van der Waals surface area contributed by atoms with Gasteiger partial charge in [0.15, 0.2) is 0 Å². The fourth-order valence-corrected chi connectivity index (χ4v) is 4.90. The summed E-state index contributed by atoms with van der Waals surface area (Å²) in [5.74, 6) is 4.38. The predicted molar refractivity (Wildman–Crippen MR) is 143 cm³/mol. The first kappa shape index (κ1) is 26.1. The molecule has 1 atom stereocenters. The van der Waals surface area contributed by atoms with Gasteiger partial charge in [0.2, 0.25) is 0 Å². The molecule has 3 nitrogen and oxygen atoms in total. The number of hydrogen-bond acceptors (Lipinski definition) is 3. The highest BCUT2D eigenvalue weighted by molar-refractivity contribution is 5.89. The van der Waals surface area contributed by atoms with Crippen molar-refractivity contribution >= 4 is 16.7 Å². The number of fused-ring (bicyclic) bond motifs is 1. The first-order valence-corrected chi connectivity index (χ1v) is 13.0. The first-order chi connectivity index (χ1) is 16.3. The molecule has 1 heterocycles. The molecule has 1 aromatic heterocycles. The zero-order valence-corrected chi connectivity index (χ0v) is 21.7. The van der Waals surface area contributed by atoms with Crippen molar-refractivity contribution < 1.29 is 4.39 Å². The van der Waals surface area contributed by atoms with Crippen molar-refractivity contribution in [3.05, 3.63) is 65.7 Å². The summed E-state index contributed by atoms with van der Waals surface area (Å²) >= 11 is 0. The Labute approximate surface area is 205 Å². The smallest absolute Gasteiger partial charge is 0.139 e. The number of nitrogens with zero attached hydrogens (tertiary/aromatic N) is 3. The van der Waals surface area contributed by atoms with Gasteiger partial charge in [-0.2, -0.15) is 0 Å². The predicted octanol–water partition coefficient (Wildman–Crippen LogP) is 8.01. The van der Waals surface area contributed by atoms with E-state index in [2.05, 4.69) is 23.8 Å². The highest BCUT2D eigenvalue weighted by Gasteiger charge is 2.18. The van der Waals surface area contributed by atoms with E-state index in [9.17, 15) is 4.39 Å². The monoisotopic (exact) mass is 463 g/mol. The van der Waals surface area contributed by atoms with Crippen molar-refractivity contribution in [1.29, 1.82) is 0 Å². The zero-order chi connectivity index (χ0) is 24.5. The minimum absolute atomic E-state index is 0.105. The molecule has 0 saturated heterocycles. The summed E-state index contributed by atoms with van der Waals surface area (Å²) in [5.41, 5.74) is 2.15. The Kier molecular flexibility index (Phi) is 9.86. The van der Waals surface area contributed by atoms with Crippen LogP contribution in [0.15, 0.2) is 48.5 Å². The third kappa shape index (κ3) is 8.07. The van der Waals surface area contributed by atoms with Crippen LogP contribution >= 0.6 is 0 Å². The van der Waals surface area contributed by atoms with E-state index < -0.39 is 0 Å². The van der Waals surface area contributed by atoms with Crippen LogP contribution in [0.3, 0.4) is 0 Å². The molecule has 1 aliphatic rings. The van der Waals surface area contributed by atoms with Crippen molar-refractivity contribution in [2.24, 2.45) is 17.8 Å². The minimum atomic E-state index is -0.105. The van der Waals surface area contributed by atoms with Crippen LogP contribution in [-0.4, -0.2) is 24.1 Å². The van der Waals surface area contributed by atoms with E-state index in [1.807, 2.05) is 62.3 Å². The highest BCUT2D eigenvalue weighted by atomic mass is 19.1. The van der Waals surface area contributed by atoms with Crippen molar-refractivity contribution in [2.75, 3.05) is 19.0 Å². The number of halogens is 1. The van der Waals surface area contributed by atoms with Gasteiger partial charge >= 0.3 is 0 Å². The average Bonchev–Trinajstić information content (AvgIpc) is 2.82.